The van der Waals surface area contributed by atoms with E-state index >= 15 is 0 Å². The second-order valence-corrected chi connectivity index (χ2v) is 20.6. The van der Waals surface area contributed by atoms with Crippen molar-refractivity contribution in [3.05, 3.63) is 330 Å². The molecule has 2 aliphatic carbocycles. The molecule has 12 aromatic rings. The Morgan fingerprint density at radius 1 is 0.208 bits per heavy atom. The zero-order valence-corrected chi connectivity index (χ0v) is 41.9. The number of anilines is 3. The quantitative estimate of drug-likeness (QED) is 0.166. The molecule has 3 nitrogen and oxygen atoms in total. The lowest BCUT2D eigenvalue weighted by Gasteiger charge is -2.39. The lowest BCUT2D eigenvalue weighted by atomic mass is 9.66. The van der Waals surface area contributed by atoms with Crippen molar-refractivity contribution in [2.24, 2.45) is 0 Å². The number of fused-ring (bicyclic) bond motifs is 18. The van der Waals surface area contributed by atoms with Gasteiger partial charge in [-0.3, -0.25) is 0 Å². The maximum Gasteiger partial charge on any atom is 0.132 e. The molecule has 77 heavy (non-hydrogen) atoms. The summed E-state index contributed by atoms with van der Waals surface area (Å²) in [6.07, 6.45) is 0. The van der Waals surface area contributed by atoms with Gasteiger partial charge in [0.05, 0.1) is 10.8 Å². The topological polar surface area (TPSA) is 21.7 Å². The van der Waals surface area contributed by atoms with Crippen LogP contribution in [0.25, 0.3) is 55.6 Å². The molecular weight excluding hydrogens is 935 g/mol. The van der Waals surface area contributed by atoms with E-state index in [1.165, 1.54) is 89.0 Å². The first kappa shape index (κ1) is 43.4. The van der Waals surface area contributed by atoms with E-state index in [1.807, 2.05) is 0 Å². The van der Waals surface area contributed by atoms with Crippen LogP contribution in [0.15, 0.2) is 285 Å². The summed E-state index contributed by atoms with van der Waals surface area (Å²) in [5, 5.41) is 0. The fourth-order valence-electron chi connectivity index (χ4n) is 13.7. The van der Waals surface area contributed by atoms with Gasteiger partial charge in [-0.25, -0.2) is 0 Å². The highest BCUT2D eigenvalue weighted by atomic mass is 16.5. The van der Waals surface area contributed by atoms with E-state index in [0.29, 0.717) is 0 Å². The Labute approximate surface area is 448 Å². The Balaban J connectivity index is 0.823. The van der Waals surface area contributed by atoms with Crippen LogP contribution < -0.4 is 14.4 Å². The first-order valence-corrected chi connectivity index (χ1v) is 26.6. The lowest BCUT2D eigenvalue weighted by Crippen LogP contribution is -2.32. The van der Waals surface area contributed by atoms with Crippen LogP contribution in [0.4, 0.5) is 17.1 Å². The number of nitrogens with zero attached hydrogens (tertiary/aromatic N) is 1. The van der Waals surface area contributed by atoms with E-state index in [1.54, 1.807) is 0 Å². The molecule has 0 bridgehead atoms. The summed E-state index contributed by atoms with van der Waals surface area (Å²) in [5.41, 5.74) is 24.0. The van der Waals surface area contributed by atoms with Gasteiger partial charge in [-0.2, -0.15) is 0 Å². The first-order valence-electron chi connectivity index (χ1n) is 26.6. The van der Waals surface area contributed by atoms with Crippen LogP contribution in [0, 0.1) is 0 Å². The maximum atomic E-state index is 6.64. The predicted octanol–water partition coefficient (Wildman–Crippen LogP) is 19.1. The summed E-state index contributed by atoms with van der Waals surface area (Å²) in [7, 11) is 0. The number of rotatable bonds is 6. The summed E-state index contributed by atoms with van der Waals surface area (Å²) in [6, 6.07) is 104. The van der Waals surface area contributed by atoms with Crippen LogP contribution >= 0.6 is 0 Å². The molecular formula is C74H47NO2. The van der Waals surface area contributed by atoms with Crippen molar-refractivity contribution >= 4 is 17.1 Å². The zero-order valence-electron chi connectivity index (χ0n) is 41.9. The van der Waals surface area contributed by atoms with Crippen molar-refractivity contribution in [3.63, 3.8) is 0 Å². The highest BCUT2D eigenvalue weighted by molar-refractivity contribution is 5.99. The lowest BCUT2D eigenvalue weighted by molar-refractivity contribution is 0.436. The molecule has 0 amide bonds. The Morgan fingerprint density at radius 2 is 0.494 bits per heavy atom. The molecule has 0 saturated heterocycles. The van der Waals surface area contributed by atoms with Crippen LogP contribution in [0.2, 0.25) is 0 Å². The molecule has 2 aliphatic heterocycles. The average molecular weight is 982 g/mol. The normalized spacial score (nSPS) is 13.9. The minimum Gasteiger partial charge on any atom is -0.457 e. The molecule has 16 rings (SSSR count). The SMILES string of the molecule is c1ccc(-c2ccc(N(c3ccc(-c4cccc5c4-c4ccccc4C54c5ccccc5Oc5ccccc54)cc3)c3ccc(-c4cccc5c4-c4ccccc4C54c5ccccc5Oc5ccccc54)cc3)cc2)cc1. The highest BCUT2D eigenvalue weighted by Gasteiger charge is 2.53. The highest BCUT2D eigenvalue weighted by Crippen LogP contribution is 2.65. The molecule has 0 unspecified atom stereocenters. The molecule has 2 spiro atoms. The average Bonchev–Trinajstić information content (AvgIpc) is 3.98. The molecule has 0 saturated carbocycles. The molecule has 2 heterocycles. The van der Waals surface area contributed by atoms with Gasteiger partial charge in [-0.1, -0.05) is 224 Å². The summed E-state index contributed by atoms with van der Waals surface area (Å²) in [4.78, 5) is 2.38. The number of hydrogen-bond donors (Lipinski definition) is 0. The standard InChI is InChI=1S/C74H47NO2/c1-2-18-48(19-3-1)49-36-42-52(43-37-49)75(53-44-38-50(39-45-53)55-22-16-30-65-71(55)57-20-4-6-24-59(57)73(65)61-26-8-12-32-67(61)76-68-33-13-9-27-62(68)73)54-46-40-51(41-47-54)56-23-17-31-66-72(56)58-21-5-7-25-60(58)74(66)63-28-10-14-34-69(63)77-70-35-15-11-29-64(70)74/h1-47H. The summed E-state index contributed by atoms with van der Waals surface area (Å²) >= 11 is 0. The van der Waals surface area contributed by atoms with Crippen molar-refractivity contribution in [2.75, 3.05) is 4.90 Å². The third-order valence-electron chi connectivity index (χ3n) is 16.8. The van der Waals surface area contributed by atoms with E-state index in [4.69, 9.17) is 9.47 Å². The number of benzene rings is 12. The second-order valence-electron chi connectivity index (χ2n) is 20.6. The van der Waals surface area contributed by atoms with Gasteiger partial charge in [0.15, 0.2) is 0 Å². The Bertz CT molecular complexity index is 4000. The van der Waals surface area contributed by atoms with Gasteiger partial charge in [-0.15, -0.1) is 0 Å². The first-order chi connectivity index (χ1) is 38.2. The zero-order chi connectivity index (χ0) is 50.7. The fraction of sp³-hybridized carbons (Fsp3) is 0.0270. The van der Waals surface area contributed by atoms with Crippen molar-refractivity contribution in [2.45, 2.75) is 10.8 Å². The van der Waals surface area contributed by atoms with E-state index in [0.717, 1.165) is 51.2 Å². The van der Waals surface area contributed by atoms with Crippen LogP contribution in [-0.2, 0) is 10.8 Å². The summed E-state index contributed by atoms with van der Waals surface area (Å²) < 4.78 is 13.3. The molecule has 4 aliphatic rings. The summed E-state index contributed by atoms with van der Waals surface area (Å²) in [5.74, 6) is 3.58. The molecule has 12 aromatic carbocycles. The minimum absolute atomic E-state index is 0.533. The Hall–Kier alpha value is -9.96. The third kappa shape index (κ3) is 6.14. The van der Waals surface area contributed by atoms with Crippen molar-refractivity contribution in [1.29, 1.82) is 0 Å². The van der Waals surface area contributed by atoms with Crippen molar-refractivity contribution in [3.8, 4) is 78.6 Å². The monoisotopic (exact) mass is 981 g/mol. The van der Waals surface area contributed by atoms with E-state index in [2.05, 4.69) is 290 Å². The number of ether oxygens (including phenoxy) is 2. The van der Waals surface area contributed by atoms with Crippen LogP contribution in [0.3, 0.4) is 0 Å². The summed E-state index contributed by atoms with van der Waals surface area (Å²) in [6.45, 7) is 0. The molecule has 0 aromatic heterocycles. The Morgan fingerprint density at radius 3 is 0.883 bits per heavy atom. The number of para-hydroxylation sites is 4. The van der Waals surface area contributed by atoms with Crippen molar-refractivity contribution < 1.29 is 9.47 Å². The molecule has 0 atom stereocenters. The van der Waals surface area contributed by atoms with Gasteiger partial charge in [0.1, 0.15) is 23.0 Å². The van der Waals surface area contributed by atoms with Crippen molar-refractivity contribution in [1.82, 2.24) is 0 Å². The largest absolute Gasteiger partial charge is 0.457 e. The van der Waals surface area contributed by atoms with Crippen LogP contribution in [-0.4, -0.2) is 0 Å². The Kier molecular flexibility index (Phi) is 9.47. The molecule has 0 fully saturated rings. The van der Waals surface area contributed by atoms with Gasteiger partial charge in [0, 0.05) is 39.3 Å². The van der Waals surface area contributed by atoms with Gasteiger partial charge < -0.3 is 14.4 Å². The third-order valence-corrected chi connectivity index (χ3v) is 16.8. The minimum atomic E-state index is -0.533. The predicted molar refractivity (Wildman–Crippen MR) is 312 cm³/mol. The van der Waals surface area contributed by atoms with Crippen LogP contribution in [0.5, 0.6) is 23.0 Å². The maximum absolute atomic E-state index is 6.64. The van der Waals surface area contributed by atoms with Gasteiger partial charge in [-0.05, 0) is 139 Å². The van der Waals surface area contributed by atoms with E-state index < -0.39 is 10.8 Å². The fourth-order valence-corrected chi connectivity index (χ4v) is 13.7. The molecule has 0 radical (unpaired) electrons. The number of hydrogen-bond acceptors (Lipinski definition) is 3. The smallest absolute Gasteiger partial charge is 0.132 e. The van der Waals surface area contributed by atoms with Crippen LogP contribution in [0.1, 0.15) is 44.5 Å². The van der Waals surface area contributed by atoms with Gasteiger partial charge in [0.25, 0.3) is 0 Å². The molecule has 360 valence electrons. The van der Waals surface area contributed by atoms with E-state index in [9.17, 15) is 0 Å². The molecule has 0 N–H and O–H groups in total. The van der Waals surface area contributed by atoms with E-state index in [-0.39, 0.29) is 0 Å². The molecule has 3 heteroatoms. The van der Waals surface area contributed by atoms with Gasteiger partial charge in [0.2, 0.25) is 0 Å². The second kappa shape index (κ2) is 16.8. The van der Waals surface area contributed by atoms with Gasteiger partial charge >= 0.3 is 0 Å².